The zero-order valence-electron chi connectivity index (χ0n) is 8.00. The van der Waals surface area contributed by atoms with Crippen LogP contribution in [0.5, 0.6) is 0 Å². The van der Waals surface area contributed by atoms with Crippen LogP contribution in [-0.4, -0.2) is 13.1 Å². The molecule has 0 atom stereocenters. The summed E-state index contributed by atoms with van der Waals surface area (Å²) in [5.41, 5.74) is 1.88. The zero-order valence-corrected chi connectivity index (χ0v) is 8.89. The van der Waals surface area contributed by atoms with E-state index in [4.69, 9.17) is 6.42 Å². The molecule has 0 bridgehead atoms. The van der Waals surface area contributed by atoms with Gasteiger partial charge in [0.05, 0.1) is 12.7 Å². The maximum absolute atomic E-state index is 11.3. The highest BCUT2D eigenvalue weighted by molar-refractivity contribution is 7.80. The second-order valence-corrected chi connectivity index (χ2v) is 3.32. The van der Waals surface area contributed by atoms with E-state index in [9.17, 15) is 4.79 Å². The van der Waals surface area contributed by atoms with E-state index in [1.165, 1.54) is 7.11 Å². The van der Waals surface area contributed by atoms with Crippen LogP contribution in [0.3, 0.4) is 0 Å². The highest BCUT2D eigenvalue weighted by Gasteiger charge is 2.12. The van der Waals surface area contributed by atoms with E-state index < -0.39 is 5.97 Å². The van der Waals surface area contributed by atoms with Gasteiger partial charge in [-0.1, -0.05) is 5.92 Å². The van der Waals surface area contributed by atoms with E-state index in [0.29, 0.717) is 16.0 Å². The van der Waals surface area contributed by atoms with E-state index in [1.54, 1.807) is 19.1 Å². The van der Waals surface area contributed by atoms with Crippen LogP contribution >= 0.6 is 12.6 Å². The summed E-state index contributed by atoms with van der Waals surface area (Å²) >= 11 is 4.16. The van der Waals surface area contributed by atoms with Crippen molar-refractivity contribution in [3.05, 3.63) is 28.8 Å². The minimum atomic E-state index is -0.394. The van der Waals surface area contributed by atoms with Gasteiger partial charge in [-0.3, -0.25) is 0 Å². The van der Waals surface area contributed by atoms with Gasteiger partial charge >= 0.3 is 5.97 Å². The number of methoxy groups -OCH3 is 1. The fraction of sp³-hybridized carbons (Fsp3) is 0.182. The number of carbonyl (C=O) groups is 1. The van der Waals surface area contributed by atoms with Crippen LogP contribution < -0.4 is 0 Å². The summed E-state index contributed by atoms with van der Waals surface area (Å²) < 4.78 is 4.63. The number of rotatable bonds is 1. The third-order valence-corrected chi connectivity index (χ3v) is 2.21. The molecule has 0 N–H and O–H groups in total. The highest BCUT2D eigenvalue weighted by atomic mass is 32.1. The number of hydrogen-bond donors (Lipinski definition) is 1. The van der Waals surface area contributed by atoms with Crippen LogP contribution in [0.4, 0.5) is 0 Å². The molecule has 0 fully saturated rings. The molecule has 14 heavy (non-hydrogen) atoms. The van der Waals surface area contributed by atoms with E-state index in [-0.39, 0.29) is 0 Å². The monoisotopic (exact) mass is 206 g/mol. The molecular formula is C11H10O2S. The minimum Gasteiger partial charge on any atom is -0.465 e. The number of benzene rings is 1. The summed E-state index contributed by atoms with van der Waals surface area (Å²) in [6.07, 6.45) is 5.29. The Morgan fingerprint density at radius 1 is 1.57 bits per heavy atom. The van der Waals surface area contributed by atoms with Crippen LogP contribution in [0.15, 0.2) is 17.0 Å². The summed E-state index contributed by atoms with van der Waals surface area (Å²) in [6.45, 7) is 1.79. The zero-order chi connectivity index (χ0) is 10.7. The Morgan fingerprint density at radius 3 is 2.71 bits per heavy atom. The van der Waals surface area contributed by atoms with E-state index in [1.807, 2.05) is 0 Å². The van der Waals surface area contributed by atoms with Crippen molar-refractivity contribution in [2.45, 2.75) is 11.8 Å². The fourth-order valence-corrected chi connectivity index (χ4v) is 1.43. The molecule has 0 aliphatic heterocycles. The fourth-order valence-electron chi connectivity index (χ4n) is 1.17. The average Bonchev–Trinajstić information content (AvgIpc) is 2.19. The Labute approximate surface area is 88.7 Å². The van der Waals surface area contributed by atoms with Crippen molar-refractivity contribution in [1.29, 1.82) is 0 Å². The number of thiol groups is 1. The summed E-state index contributed by atoms with van der Waals surface area (Å²) in [6, 6.07) is 3.38. The molecule has 1 aromatic carbocycles. The third-order valence-electron chi connectivity index (χ3n) is 1.95. The largest absolute Gasteiger partial charge is 0.465 e. The van der Waals surface area contributed by atoms with E-state index in [0.717, 1.165) is 5.56 Å². The smallest absolute Gasteiger partial charge is 0.338 e. The molecule has 0 spiro atoms. The Hall–Kier alpha value is -1.40. The molecule has 0 saturated carbocycles. The lowest BCUT2D eigenvalue weighted by Gasteiger charge is -2.06. The van der Waals surface area contributed by atoms with Crippen molar-refractivity contribution in [3.63, 3.8) is 0 Å². The summed E-state index contributed by atoms with van der Waals surface area (Å²) in [4.78, 5) is 12.0. The summed E-state index contributed by atoms with van der Waals surface area (Å²) in [5, 5.41) is 0. The molecule has 0 aliphatic rings. The van der Waals surface area contributed by atoms with Gasteiger partial charge in [0.15, 0.2) is 0 Å². The SMILES string of the molecule is C#Cc1cc(S)cc(C(=O)OC)c1C. The van der Waals surface area contributed by atoms with Crippen molar-refractivity contribution < 1.29 is 9.53 Å². The van der Waals surface area contributed by atoms with Crippen LogP contribution in [0.2, 0.25) is 0 Å². The maximum atomic E-state index is 11.3. The first-order valence-corrected chi connectivity index (χ1v) is 4.43. The number of hydrogen-bond acceptors (Lipinski definition) is 3. The van der Waals surface area contributed by atoms with Crippen molar-refractivity contribution >= 4 is 18.6 Å². The van der Waals surface area contributed by atoms with Gasteiger partial charge in [0.2, 0.25) is 0 Å². The molecule has 0 aliphatic carbocycles. The standard InChI is InChI=1S/C11H10O2S/c1-4-8-5-9(14)6-10(7(8)2)11(12)13-3/h1,5-6,14H,2-3H3. The molecule has 0 saturated heterocycles. The second kappa shape index (κ2) is 4.21. The summed E-state index contributed by atoms with van der Waals surface area (Å²) in [5.74, 6) is 2.11. The van der Waals surface area contributed by atoms with E-state index in [2.05, 4.69) is 23.3 Å². The Bertz CT molecular complexity index is 416. The van der Waals surface area contributed by atoms with Crippen molar-refractivity contribution in [2.75, 3.05) is 7.11 Å². The number of carbonyl (C=O) groups excluding carboxylic acids is 1. The van der Waals surface area contributed by atoms with E-state index >= 15 is 0 Å². The van der Waals surface area contributed by atoms with Crippen LogP contribution in [-0.2, 0) is 4.74 Å². The first-order chi connectivity index (χ1) is 6.60. The lowest BCUT2D eigenvalue weighted by molar-refractivity contribution is 0.0599. The lowest BCUT2D eigenvalue weighted by atomic mass is 10.0. The van der Waals surface area contributed by atoms with Gasteiger partial charge < -0.3 is 4.74 Å². The molecular weight excluding hydrogens is 196 g/mol. The average molecular weight is 206 g/mol. The van der Waals surface area contributed by atoms with Crippen molar-refractivity contribution in [2.24, 2.45) is 0 Å². The van der Waals surface area contributed by atoms with Crippen LogP contribution in [0.25, 0.3) is 0 Å². The quantitative estimate of drug-likeness (QED) is 0.432. The molecule has 1 rings (SSSR count). The molecule has 1 aromatic rings. The van der Waals surface area contributed by atoms with Crippen LogP contribution in [0, 0.1) is 19.3 Å². The Balaban J connectivity index is 3.38. The molecule has 0 unspecified atom stereocenters. The maximum Gasteiger partial charge on any atom is 0.338 e. The van der Waals surface area contributed by atoms with Crippen molar-refractivity contribution in [3.8, 4) is 12.3 Å². The third kappa shape index (κ3) is 1.91. The molecule has 72 valence electrons. The highest BCUT2D eigenvalue weighted by Crippen LogP contribution is 2.19. The van der Waals surface area contributed by atoms with Gasteiger partial charge in [-0.05, 0) is 24.6 Å². The van der Waals surface area contributed by atoms with Gasteiger partial charge in [0, 0.05) is 10.5 Å². The lowest BCUT2D eigenvalue weighted by Crippen LogP contribution is -2.05. The molecule has 0 amide bonds. The van der Waals surface area contributed by atoms with Gasteiger partial charge in [-0.25, -0.2) is 4.79 Å². The molecule has 3 heteroatoms. The summed E-state index contributed by atoms with van der Waals surface area (Å²) in [7, 11) is 1.34. The number of ether oxygens (including phenoxy) is 1. The molecule has 2 nitrogen and oxygen atoms in total. The minimum absolute atomic E-state index is 0.394. The second-order valence-electron chi connectivity index (χ2n) is 2.80. The Kier molecular flexibility index (Phi) is 3.21. The predicted octanol–water partition coefficient (Wildman–Crippen LogP) is 2.05. The van der Waals surface area contributed by atoms with Crippen molar-refractivity contribution in [1.82, 2.24) is 0 Å². The first kappa shape index (κ1) is 10.7. The van der Waals surface area contributed by atoms with Gasteiger partial charge in [-0.2, -0.15) is 0 Å². The predicted molar refractivity (Wildman–Crippen MR) is 57.7 cm³/mol. The topological polar surface area (TPSA) is 26.3 Å². The number of terminal acetylenes is 1. The Morgan fingerprint density at radius 2 is 2.21 bits per heavy atom. The normalized spacial score (nSPS) is 9.29. The molecule has 0 aromatic heterocycles. The number of esters is 1. The van der Waals surface area contributed by atoms with Gasteiger partial charge in [-0.15, -0.1) is 19.1 Å². The van der Waals surface area contributed by atoms with Crippen LogP contribution in [0.1, 0.15) is 21.5 Å². The molecule has 0 radical (unpaired) electrons. The first-order valence-electron chi connectivity index (χ1n) is 3.98. The molecule has 0 heterocycles. The van der Waals surface area contributed by atoms with Gasteiger partial charge in [0.1, 0.15) is 0 Å². The van der Waals surface area contributed by atoms with Gasteiger partial charge in [0.25, 0.3) is 0 Å².